The Morgan fingerprint density at radius 2 is 1.59 bits per heavy atom. The van der Waals surface area contributed by atoms with Gasteiger partial charge in [0.25, 0.3) is 0 Å². The minimum absolute atomic E-state index is 0.0191. The van der Waals surface area contributed by atoms with Crippen LogP contribution in [0.5, 0.6) is 0 Å². The molecule has 188 valence electrons. The van der Waals surface area contributed by atoms with E-state index in [9.17, 15) is 14.7 Å². The number of alkyl carbamates (subject to hydrolysis) is 1. The Morgan fingerprint density at radius 1 is 0.946 bits per heavy atom. The molecule has 1 aliphatic carbocycles. The fraction of sp³-hybridized carbons (Fsp3) is 0.207. The van der Waals surface area contributed by atoms with Crippen molar-refractivity contribution in [3.05, 3.63) is 114 Å². The van der Waals surface area contributed by atoms with Crippen molar-refractivity contribution in [1.29, 1.82) is 0 Å². The number of carboxylic acids is 1. The van der Waals surface area contributed by atoms with E-state index in [4.69, 9.17) is 9.47 Å². The quantitative estimate of drug-likeness (QED) is 0.332. The second-order valence-electron chi connectivity index (χ2n) is 8.91. The number of fused-ring (bicyclic) bond motifs is 3. The zero-order chi connectivity index (χ0) is 25.6. The van der Waals surface area contributed by atoms with Crippen LogP contribution in [0.3, 0.4) is 0 Å². The number of hydrogen-bond acceptors (Lipinski definition) is 5. The van der Waals surface area contributed by atoms with Crippen molar-refractivity contribution < 1.29 is 24.2 Å². The fourth-order valence-corrected chi connectivity index (χ4v) is 4.62. The minimum atomic E-state index is -1.18. The summed E-state index contributed by atoms with van der Waals surface area (Å²) in [4.78, 5) is 28.7. The van der Waals surface area contributed by atoms with Crippen LogP contribution in [0.2, 0.25) is 0 Å². The molecule has 1 atom stereocenters. The Labute approximate surface area is 214 Å². The summed E-state index contributed by atoms with van der Waals surface area (Å²) in [5, 5.41) is 12.1. The minimum Gasteiger partial charge on any atom is -0.480 e. The van der Waals surface area contributed by atoms with Gasteiger partial charge in [-0.05, 0) is 27.8 Å². The highest BCUT2D eigenvalue weighted by Crippen LogP contribution is 2.44. The van der Waals surface area contributed by atoms with Gasteiger partial charge in [-0.1, -0.05) is 78.9 Å². The van der Waals surface area contributed by atoms with Crippen LogP contribution in [-0.2, 0) is 34.0 Å². The molecule has 8 nitrogen and oxygen atoms in total. The van der Waals surface area contributed by atoms with Crippen molar-refractivity contribution >= 4 is 12.1 Å². The maximum absolute atomic E-state index is 12.6. The Balaban J connectivity index is 1.15. The van der Waals surface area contributed by atoms with Gasteiger partial charge in [0.15, 0.2) is 0 Å². The van der Waals surface area contributed by atoms with E-state index in [1.807, 2.05) is 66.7 Å². The molecule has 1 heterocycles. The van der Waals surface area contributed by atoms with Gasteiger partial charge in [-0.2, -0.15) is 0 Å². The van der Waals surface area contributed by atoms with Crippen LogP contribution in [-0.4, -0.2) is 39.4 Å². The summed E-state index contributed by atoms with van der Waals surface area (Å²) < 4.78 is 12.9. The molecule has 5 rings (SSSR count). The lowest BCUT2D eigenvalue weighted by Crippen LogP contribution is -2.43. The maximum Gasteiger partial charge on any atom is 0.407 e. The number of carbonyl (C=O) groups is 2. The van der Waals surface area contributed by atoms with E-state index >= 15 is 0 Å². The first-order valence-electron chi connectivity index (χ1n) is 12.0. The van der Waals surface area contributed by atoms with E-state index in [2.05, 4.69) is 22.4 Å². The molecule has 1 amide bonds. The molecule has 8 heteroatoms. The van der Waals surface area contributed by atoms with Crippen LogP contribution in [0.15, 0.2) is 91.4 Å². The monoisotopic (exact) mass is 497 g/mol. The number of rotatable bonds is 10. The van der Waals surface area contributed by atoms with Gasteiger partial charge in [-0.25, -0.2) is 14.6 Å². The van der Waals surface area contributed by atoms with Crippen LogP contribution < -0.4 is 5.32 Å². The molecule has 3 aromatic carbocycles. The molecule has 0 bridgehead atoms. The zero-order valence-electron chi connectivity index (χ0n) is 20.1. The number of amides is 1. The number of imidazole rings is 1. The number of carbonyl (C=O) groups excluding carboxylic acids is 1. The second kappa shape index (κ2) is 11.1. The molecule has 1 unspecified atom stereocenters. The lowest BCUT2D eigenvalue weighted by molar-refractivity contribution is -0.139. The van der Waals surface area contributed by atoms with E-state index in [1.54, 1.807) is 17.1 Å². The Bertz CT molecular complexity index is 1340. The van der Waals surface area contributed by atoms with E-state index < -0.39 is 18.1 Å². The summed E-state index contributed by atoms with van der Waals surface area (Å²) in [5.74, 6) is -1.27. The number of ether oxygens (including phenoxy) is 2. The molecular formula is C29H27N3O5. The first-order valence-corrected chi connectivity index (χ1v) is 12.0. The maximum atomic E-state index is 12.6. The van der Waals surface area contributed by atoms with E-state index in [1.165, 1.54) is 0 Å². The predicted octanol–water partition coefficient (Wildman–Crippen LogP) is 4.59. The average molecular weight is 498 g/mol. The van der Waals surface area contributed by atoms with Gasteiger partial charge in [0, 0.05) is 18.5 Å². The number of nitrogens with zero attached hydrogens (tertiary/aromatic N) is 2. The molecule has 0 saturated carbocycles. The molecule has 37 heavy (non-hydrogen) atoms. The summed E-state index contributed by atoms with van der Waals surface area (Å²) in [6.07, 6.45) is 2.53. The average Bonchev–Trinajstić information content (AvgIpc) is 3.49. The smallest absolute Gasteiger partial charge is 0.407 e. The number of benzene rings is 3. The van der Waals surface area contributed by atoms with Crippen LogP contribution in [0.4, 0.5) is 4.79 Å². The molecule has 1 aromatic heterocycles. The van der Waals surface area contributed by atoms with Crippen LogP contribution in [0.25, 0.3) is 11.1 Å². The van der Waals surface area contributed by atoms with Gasteiger partial charge in [0.2, 0.25) is 0 Å². The first kappa shape index (κ1) is 24.3. The van der Waals surface area contributed by atoms with E-state index in [0.29, 0.717) is 12.3 Å². The third-order valence-electron chi connectivity index (χ3n) is 6.39. The van der Waals surface area contributed by atoms with Gasteiger partial charge in [0.1, 0.15) is 19.4 Å². The summed E-state index contributed by atoms with van der Waals surface area (Å²) in [7, 11) is 0. The second-order valence-corrected chi connectivity index (χ2v) is 8.91. The first-order chi connectivity index (χ1) is 18.1. The van der Waals surface area contributed by atoms with Gasteiger partial charge in [-0.15, -0.1) is 0 Å². The van der Waals surface area contributed by atoms with E-state index in [0.717, 1.165) is 27.8 Å². The summed E-state index contributed by atoms with van der Waals surface area (Å²) in [5.41, 5.74) is 6.01. The zero-order valence-corrected chi connectivity index (χ0v) is 20.1. The SMILES string of the molecule is O=C(NC(Cc1cn(COCc2ccccc2)cn1)C(=O)O)OCC1c2ccccc2-c2ccccc21. The predicted molar refractivity (Wildman–Crippen MR) is 137 cm³/mol. The number of carboxylic acid groups (broad SMARTS) is 1. The van der Waals surface area contributed by atoms with Crippen molar-refractivity contribution in [1.82, 2.24) is 14.9 Å². The van der Waals surface area contributed by atoms with Crippen molar-refractivity contribution in [2.24, 2.45) is 0 Å². The highest BCUT2D eigenvalue weighted by Gasteiger charge is 2.30. The standard InChI is InChI=1S/C29H27N3O5/c33-28(34)27(14-21-15-32(18-30-21)19-36-16-20-8-2-1-3-9-20)31-29(35)37-17-26-24-12-6-4-10-22(24)23-11-5-7-13-25(23)26/h1-13,15,18,26-27H,14,16-17,19H2,(H,31,35)(H,33,34). The topological polar surface area (TPSA) is 103 Å². The molecule has 2 N–H and O–H groups in total. The molecule has 1 aliphatic rings. The molecule has 0 radical (unpaired) electrons. The van der Waals surface area contributed by atoms with E-state index in [-0.39, 0.29) is 25.7 Å². The third kappa shape index (κ3) is 5.70. The Kier molecular flexibility index (Phi) is 7.28. The molecule has 0 aliphatic heterocycles. The third-order valence-corrected chi connectivity index (χ3v) is 6.39. The molecule has 0 fully saturated rings. The number of aliphatic carboxylic acids is 1. The summed E-state index contributed by atoms with van der Waals surface area (Å²) in [6, 6.07) is 24.7. The van der Waals surface area contributed by atoms with Crippen molar-refractivity contribution in [3.63, 3.8) is 0 Å². The summed E-state index contributed by atoms with van der Waals surface area (Å²) >= 11 is 0. The molecule has 4 aromatic rings. The molecule has 0 spiro atoms. The molecular weight excluding hydrogens is 470 g/mol. The van der Waals surface area contributed by atoms with Crippen LogP contribution >= 0.6 is 0 Å². The largest absolute Gasteiger partial charge is 0.480 e. The Hall–Kier alpha value is -4.43. The van der Waals surface area contributed by atoms with Crippen molar-refractivity contribution in [3.8, 4) is 11.1 Å². The van der Waals surface area contributed by atoms with Crippen molar-refractivity contribution in [2.45, 2.75) is 31.7 Å². The summed E-state index contributed by atoms with van der Waals surface area (Å²) in [6.45, 7) is 0.842. The highest BCUT2D eigenvalue weighted by atomic mass is 16.5. The van der Waals surface area contributed by atoms with Gasteiger partial charge < -0.3 is 24.5 Å². The van der Waals surface area contributed by atoms with Crippen LogP contribution in [0.1, 0.15) is 28.3 Å². The van der Waals surface area contributed by atoms with Crippen molar-refractivity contribution in [2.75, 3.05) is 6.61 Å². The van der Waals surface area contributed by atoms with Crippen LogP contribution in [0, 0.1) is 0 Å². The number of hydrogen-bond donors (Lipinski definition) is 2. The Morgan fingerprint density at radius 3 is 2.27 bits per heavy atom. The lowest BCUT2D eigenvalue weighted by Gasteiger charge is -2.17. The number of nitrogens with one attached hydrogen (secondary N) is 1. The fourth-order valence-electron chi connectivity index (χ4n) is 4.62. The van der Waals surface area contributed by atoms with Gasteiger partial charge in [0.05, 0.1) is 18.6 Å². The lowest BCUT2D eigenvalue weighted by atomic mass is 9.98. The van der Waals surface area contributed by atoms with Gasteiger partial charge >= 0.3 is 12.1 Å². The van der Waals surface area contributed by atoms with Gasteiger partial charge in [-0.3, -0.25) is 0 Å². The number of aromatic nitrogens is 2. The highest BCUT2D eigenvalue weighted by molar-refractivity contribution is 5.81. The normalized spacial score (nSPS) is 13.0. The molecule has 0 saturated heterocycles.